The summed E-state index contributed by atoms with van der Waals surface area (Å²) in [5.41, 5.74) is 0.993. The van der Waals surface area contributed by atoms with Crippen molar-refractivity contribution in [2.24, 2.45) is 0 Å². The number of aromatic nitrogens is 3. The molecule has 3 rings (SSSR count). The molecular formula is C17H16N4O4. The van der Waals surface area contributed by atoms with E-state index in [1.807, 2.05) is 25.1 Å². The molecule has 0 aliphatic rings. The van der Waals surface area contributed by atoms with Gasteiger partial charge in [0.15, 0.2) is 5.75 Å². The van der Waals surface area contributed by atoms with E-state index in [9.17, 15) is 10.1 Å². The van der Waals surface area contributed by atoms with Gasteiger partial charge in [-0.3, -0.25) is 10.1 Å². The van der Waals surface area contributed by atoms with E-state index in [-0.39, 0.29) is 17.9 Å². The minimum atomic E-state index is -0.614. The standard InChI is InChI=1S/C17H16N4O4/c1-10(2)24-16-15(21(22)23)17(19-9-18-16)25-13-6-4-5-12-8-7-11(3)20-14(12)13/h4-10H,1-3H3. The van der Waals surface area contributed by atoms with E-state index in [0.29, 0.717) is 11.3 Å². The quantitative estimate of drug-likeness (QED) is 0.514. The molecular weight excluding hydrogens is 324 g/mol. The first-order valence-electron chi connectivity index (χ1n) is 7.66. The van der Waals surface area contributed by atoms with Crippen LogP contribution in [0.15, 0.2) is 36.7 Å². The smallest absolute Gasteiger partial charge is 0.392 e. The SMILES string of the molecule is Cc1ccc2cccc(Oc3ncnc(OC(C)C)c3[N+](=O)[O-])c2n1. The summed E-state index contributed by atoms with van der Waals surface area (Å²) in [5, 5.41) is 12.3. The maximum Gasteiger partial charge on any atom is 0.392 e. The number of hydrogen-bond acceptors (Lipinski definition) is 7. The predicted octanol–water partition coefficient (Wildman–Crippen LogP) is 3.82. The summed E-state index contributed by atoms with van der Waals surface area (Å²) in [6.07, 6.45) is 0.896. The zero-order chi connectivity index (χ0) is 18.0. The number of benzene rings is 1. The van der Waals surface area contributed by atoms with Gasteiger partial charge in [0.05, 0.1) is 11.0 Å². The molecule has 3 aromatic rings. The molecule has 0 atom stereocenters. The first kappa shape index (κ1) is 16.6. The Balaban J connectivity index is 2.09. The van der Waals surface area contributed by atoms with Gasteiger partial charge in [-0.25, -0.2) is 4.98 Å². The van der Waals surface area contributed by atoms with Gasteiger partial charge in [-0.2, -0.15) is 9.97 Å². The molecule has 1 aromatic carbocycles. The number of aryl methyl sites for hydroxylation is 1. The van der Waals surface area contributed by atoms with Crippen LogP contribution in [0.4, 0.5) is 5.69 Å². The monoisotopic (exact) mass is 340 g/mol. The van der Waals surface area contributed by atoms with Crippen LogP contribution in [0.3, 0.4) is 0 Å². The molecule has 8 heteroatoms. The highest BCUT2D eigenvalue weighted by atomic mass is 16.6. The Bertz CT molecular complexity index is 943. The topological polar surface area (TPSA) is 100 Å². The van der Waals surface area contributed by atoms with Crippen LogP contribution in [0.5, 0.6) is 17.5 Å². The molecule has 0 radical (unpaired) electrons. The average Bonchev–Trinajstić information content (AvgIpc) is 2.54. The molecule has 8 nitrogen and oxygen atoms in total. The summed E-state index contributed by atoms with van der Waals surface area (Å²) >= 11 is 0. The number of hydrogen-bond donors (Lipinski definition) is 0. The summed E-state index contributed by atoms with van der Waals surface area (Å²) in [4.78, 5) is 23.1. The van der Waals surface area contributed by atoms with Gasteiger partial charge < -0.3 is 9.47 Å². The molecule has 0 saturated carbocycles. The van der Waals surface area contributed by atoms with Crippen LogP contribution in [0.2, 0.25) is 0 Å². The second kappa shape index (κ2) is 6.68. The molecule has 0 N–H and O–H groups in total. The van der Waals surface area contributed by atoms with Crippen LogP contribution in [0.25, 0.3) is 10.9 Å². The molecule has 0 unspecified atom stereocenters. The van der Waals surface area contributed by atoms with E-state index in [1.165, 1.54) is 6.33 Å². The third-order valence-electron chi connectivity index (χ3n) is 3.31. The number of nitro groups is 1. The molecule has 0 spiro atoms. The van der Waals surface area contributed by atoms with Crippen molar-refractivity contribution in [3.05, 3.63) is 52.5 Å². The molecule has 128 valence electrons. The van der Waals surface area contributed by atoms with Gasteiger partial charge in [0.25, 0.3) is 0 Å². The van der Waals surface area contributed by atoms with Crippen molar-refractivity contribution >= 4 is 16.6 Å². The third-order valence-corrected chi connectivity index (χ3v) is 3.31. The van der Waals surface area contributed by atoms with E-state index in [0.717, 1.165) is 11.1 Å². The molecule has 2 aromatic heterocycles. The lowest BCUT2D eigenvalue weighted by molar-refractivity contribution is -0.387. The summed E-state index contributed by atoms with van der Waals surface area (Å²) in [7, 11) is 0. The minimum absolute atomic E-state index is 0.130. The van der Waals surface area contributed by atoms with E-state index in [2.05, 4.69) is 15.0 Å². The van der Waals surface area contributed by atoms with Crippen molar-refractivity contribution < 1.29 is 14.4 Å². The first-order valence-corrected chi connectivity index (χ1v) is 7.66. The fraction of sp³-hybridized carbons (Fsp3) is 0.235. The highest BCUT2D eigenvalue weighted by molar-refractivity contribution is 5.84. The second-order valence-electron chi connectivity index (χ2n) is 5.64. The second-order valence-corrected chi connectivity index (χ2v) is 5.64. The van der Waals surface area contributed by atoms with Crippen molar-refractivity contribution in [3.8, 4) is 17.5 Å². The van der Waals surface area contributed by atoms with Crippen molar-refractivity contribution in [2.75, 3.05) is 0 Å². The zero-order valence-electron chi connectivity index (χ0n) is 14.0. The molecule has 0 saturated heterocycles. The fourth-order valence-electron chi connectivity index (χ4n) is 2.29. The normalized spacial score (nSPS) is 10.9. The molecule has 2 heterocycles. The summed E-state index contributed by atoms with van der Waals surface area (Å²) in [5.74, 6) is 0.0549. The summed E-state index contributed by atoms with van der Waals surface area (Å²) in [6.45, 7) is 5.37. The summed E-state index contributed by atoms with van der Waals surface area (Å²) in [6, 6.07) is 9.15. The van der Waals surface area contributed by atoms with E-state index in [1.54, 1.807) is 26.0 Å². The Morgan fingerprint density at radius 3 is 2.60 bits per heavy atom. The average molecular weight is 340 g/mol. The lowest BCUT2D eigenvalue weighted by Gasteiger charge is -2.11. The fourth-order valence-corrected chi connectivity index (χ4v) is 2.29. The highest BCUT2D eigenvalue weighted by Crippen LogP contribution is 2.37. The zero-order valence-corrected chi connectivity index (χ0v) is 14.0. The van der Waals surface area contributed by atoms with Crippen LogP contribution in [-0.2, 0) is 0 Å². The third kappa shape index (κ3) is 3.47. The van der Waals surface area contributed by atoms with Crippen LogP contribution >= 0.6 is 0 Å². The van der Waals surface area contributed by atoms with Crippen molar-refractivity contribution in [1.82, 2.24) is 15.0 Å². The Hall–Kier alpha value is -3.29. The number of fused-ring (bicyclic) bond motifs is 1. The number of rotatable bonds is 5. The number of ether oxygens (including phenoxy) is 2. The van der Waals surface area contributed by atoms with Crippen molar-refractivity contribution in [1.29, 1.82) is 0 Å². The van der Waals surface area contributed by atoms with Gasteiger partial charge in [0, 0.05) is 11.1 Å². The molecule has 25 heavy (non-hydrogen) atoms. The molecule has 0 bridgehead atoms. The van der Waals surface area contributed by atoms with Crippen LogP contribution in [0.1, 0.15) is 19.5 Å². The van der Waals surface area contributed by atoms with Crippen LogP contribution in [-0.4, -0.2) is 26.0 Å². The van der Waals surface area contributed by atoms with E-state index >= 15 is 0 Å². The van der Waals surface area contributed by atoms with Crippen molar-refractivity contribution in [2.45, 2.75) is 26.9 Å². The summed E-state index contributed by atoms with van der Waals surface area (Å²) < 4.78 is 11.1. The van der Waals surface area contributed by atoms with Crippen LogP contribution in [0, 0.1) is 17.0 Å². The molecule has 0 aliphatic carbocycles. The first-order chi connectivity index (χ1) is 12.0. The van der Waals surface area contributed by atoms with Gasteiger partial charge in [0.2, 0.25) is 0 Å². The number of pyridine rings is 1. The molecule has 0 fully saturated rings. The lowest BCUT2D eigenvalue weighted by Crippen LogP contribution is -2.10. The molecule has 0 amide bonds. The maximum absolute atomic E-state index is 11.5. The van der Waals surface area contributed by atoms with E-state index in [4.69, 9.17) is 9.47 Å². The Morgan fingerprint density at radius 2 is 1.88 bits per heavy atom. The van der Waals surface area contributed by atoms with Crippen molar-refractivity contribution in [3.63, 3.8) is 0 Å². The largest absolute Gasteiger partial charge is 0.470 e. The maximum atomic E-state index is 11.5. The Labute approximate surface area is 143 Å². The lowest BCUT2D eigenvalue weighted by atomic mass is 10.2. The number of para-hydroxylation sites is 1. The van der Waals surface area contributed by atoms with E-state index < -0.39 is 10.6 Å². The molecule has 0 aliphatic heterocycles. The van der Waals surface area contributed by atoms with Gasteiger partial charge in [-0.05, 0) is 32.9 Å². The highest BCUT2D eigenvalue weighted by Gasteiger charge is 2.27. The Morgan fingerprint density at radius 1 is 1.12 bits per heavy atom. The van der Waals surface area contributed by atoms with Gasteiger partial charge >= 0.3 is 17.4 Å². The predicted molar refractivity (Wildman–Crippen MR) is 91.0 cm³/mol. The number of nitrogens with zero attached hydrogens (tertiary/aromatic N) is 4. The van der Waals surface area contributed by atoms with Crippen LogP contribution < -0.4 is 9.47 Å². The van der Waals surface area contributed by atoms with Gasteiger partial charge in [-0.1, -0.05) is 18.2 Å². The van der Waals surface area contributed by atoms with Gasteiger partial charge in [-0.15, -0.1) is 0 Å². The Kier molecular flexibility index (Phi) is 4.42. The van der Waals surface area contributed by atoms with Gasteiger partial charge in [0.1, 0.15) is 11.8 Å². The minimum Gasteiger partial charge on any atom is -0.470 e.